The monoisotopic (exact) mass is 521 g/mol. The average Bonchev–Trinajstić information content (AvgIpc) is 3.60. The molecule has 9 heteroatoms. The maximum atomic E-state index is 13.2. The first-order chi connectivity index (χ1) is 17.7. The minimum Gasteiger partial charge on any atom is -0.440 e. The second-order valence-corrected chi connectivity index (χ2v) is 11.6. The lowest BCUT2D eigenvalue weighted by Gasteiger charge is -2.22. The largest absolute Gasteiger partial charge is 0.440 e. The molecule has 0 saturated heterocycles. The molecule has 8 nitrogen and oxygen atoms in total. The third kappa shape index (κ3) is 6.29. The number of rotatable bonds is 9. The number of nitrogens with one attached hydrogen (secondary N) is 2. The third-order valence-corrected chi connectivity index (χ3v) is 7.98. The molecular weight excluding hydrogens is 486 g/mol. The maximum Gasteiger partial charge on any atom is 0.268 e. The Morgan fingerprint density at radius 1 is 1.22 bits per heavy atom. The summed E-state index contributed by atoms with van der Waals surface area (Å²) in [6.07, 6.45) is 8.62. The highest BCUT2D eigenvalue weighted by atomic mass is 32.1. The number of benzene rings is 1. The number of oxazole rings is 1. The standard InChI is InChI=1S/C28H35N5O3S/c1-18-29-17-23(36-18)24-11-12-25(37-24)26(34)32-27-31-21-15-19(16-30-20-7-5-4-6-8-20)9-10-22(21)33(27)14-13-28(2,3)35/h9-12,15,17,20,30,35H,4-8,13-14,16H2,1-3H3,(H,31,32,34). The summed E-state index contributed by atoms with van der Waals surface area (Å²) < 4.78 is 7.58. The molecule has 3 N–H and O–H groups in total. The van der Waals surface area contributed by atoms with Crippen LogP contribution in [0.1, 0.15) is 73.5 Å². The Labute approximate surface area is 221 Å². The summed E-state index contributed by atoms with van der Waals surface area (Å²) in [5.74, 6) is 1.48. The fraction of sp³-hybridized carbons (Fsp3) is 0.464. The quantitative estimate of drug-likeness (QED) is 0.253. The SMILES string of the molecule is Cc1ncc(-c2ccc(C(=O)Nc3nc4cc(CNC5CCCCC5)ccc4n3CCC(C)(C)O)s2)o1. The van der Waals surface area contributed by atoms with Crippen molar-refractivity contribution in [2.45, 2.75) is 84.0 Å². The van der Waals surface area contributed by atoms with Crippen LogP contribution >= 0.6 is 11.3 Å². The van der Waals surface area contributed by atoms with E-state index in [0.29, 0.717) is 41.5 Å². The van der Waals surface area contributed by atoms with E-state index in [-0.39, 0.29) is 5.91 Å². The van der Waals surface area contributed by atoms with Gasteiger partial charge >= 0.3 is 0 Å². The predicted molar refractivity (Wildman–Crippen MR) is 147 cm³/mol. The van der Waals surface area contributed by atoms with Gasteiger partial charge in [0, 0.05) is 26.1 Å². The Morgan fingerprint density at radius 3 is 2.76 bits per heavy atom. The molecule has 1 fully saturated rings. The van der Waals surface area contributed by atoms with E-state index in [1.165, 1.54) is 49.0 Å². The molecule has 0 bridgehead atoms. The van der Waals surface area contributed by atoms with E-state index in [4.69, 9.17) is 9.40 Å². The van der Waals surface area contributed by atoms with Crippen LogP contribution in [0.2, 0.25) is 0 Å². The fourth-order valence-electron chi connectivity index (χ4n) is 4.79. The van der Waals surface area contributed by atoms with Crippen molar-refractivity contribution in [3.8, 4) is 10.6 Å². The molecule has 0 aliphatic heterocycles. The number of amides is 1. The van der Waals surface area contributed by atoms with Gasteiger partial charge in [-0.2, -0.15) is 0 Å². The van der Waals surface area contributed by atoms with Crippen molar-refractivity contribution in [2.24, 2.45) is 0 Å². The molecule has 3 aromatic heterocycles. The van der Waals surface area contributed by atoms with Gasteiger partial charge < -0.3 is 19.4 Å². The first-order valence-electron chi connectivity index (χ1n) is 13.0. The van der Waals surface area contributed by atoms with Crippen LogP contribution < -0.4 is 10.6 Å². The molecule has 37 heavy (non-hydrogen) atoms. The zero-order valence-electron chi connectivity index (χ0n) is 21.7. The van der Waals surface area contributed by atoms with Crippen molar-refractivity contribution < 1.29 is 14.3 Å². The predicted octanol–water partition coefficient (Wildman–Crippen LogP) is 5.90. The number of aryl methyl sites for hydroxylation is 2. The number of anilines is 1. The molecule has 3 heterocycles. The number of aliphatic hydroxyl groups is 1. The van der Waals surface area contributed by atoms with Crippen molar-refractivity contribution >= 4 is 34.2 Å². The normalized spacial score (nSPS) is 14.9. The van der Waals surface area contributed by atoms with Crippen LogP contribution in [-0.2, 0) is 13.1 Å². The van der Waals surface area contributed by atoms with E-state index < -0.39 is 5.60 Å². The van der Waals surface area contributed by atoms with Gasteiger partial charge in [-0.3, -0.25) is 10.1 Å². The molecule has 4 aromatic rings. The second kappa shape index (κ2) is 10.8. The van der Waals surface area contributed by atoms with E-state index in [1.807, 2.05) is 10.6 Å². The van der Waals surface area contributed by atoms with Crippen LogP contribution in [0, 0.1) is 6.92 Å². The maximum absolute atomic E-state index is 13.2. The number of carbonyl (C=O) groups excluding carboxylic acids is 1. The van der Waals surface area contributed by atoms with Gasteiger partial charge in [-0.1, -0.05) is 25.3 Å². The zero-order chi connectivity index (χ0) is 26.0. The Morgan fingerprint density at radius 2 is 2.03 bits per heavy atom. The number of nitrogens with zero attached hydrogens (tertiary/aromatic N) is 3. The molecule has 1 amide bonds. The highest BCUT2D eigenvalue weighted by Crippen LogP contribution is 2.30. The van der Waals surface area contributed by atoms with Crippen molar-refractivity contribution in [1.29, 1.82) is 0 Å². The Kier molecular flexibility index (Phi) is 7.46. The zero-order valence-corrected chi connectivity index (χ0v) is 22.5. The lowest BCUT2D eigenvalue weighted by Crippen LogP contribution is -2.30. The molecule has 1 aromatic carbocycles. The van der Waals surface area contributed by atoms with E-state index in [9.17, 15) is 9.90 Å². The van der Waals surface area contributed by atoms with Gasteiger partial charge in [0.05, 0.1) is 32.6 Å². The number of thiophene rings is 1. The molecule has 0 unspecified atom stereocenters. The molecular formula is C28H35N5O3S. The summed E-state index contributed by atoms with van der Waals surface area (Å²) in [4.78, 5) is 23.5. The van der Waals surface area contributed by atoms with Crippen LogP contribution in [0.4, 0.5) is 5.95 Å². The first-order valence-corrected chi connectivity index (χ1v) is 13.9. The van der Waals surface area contributed by atoms with Crippen molar-refractivity contribution in [2.75, 3.05) is 5.32 Å². The van der Waals surface area contributed by atoms with Crippen molar-refractivity contribution in [3.63, 3.8) is 0 Å². The van der Waals surface area contributed by atoms with E-state index in [1.54, 1.807) is 33.0 Å². The summed E-state index contributed by atoms with van der Waals surface area (Å²) in [5.41, 5.74) is 2.11. The van der Waals surface area contributed by atoms with Gasteiger partial charge in [0.1, 0.15) is 0 Å². The summed E-state index contributed by atoms with van der Waals surface area (Å²) in [5, 5.41) is 17.0. The Balaban J connectivity index is 1.37. The second-order valence-electron chi connectivity index (χ2n) is 10.5. The van der Waals surface area contributed by atoms with Crippen LogP contribution in [0.25, 0.3) is 21.7 Å². The number of hydrogen-bond acceptors (Lipinski definition) is 7. The van der Waals surface area contributed by atoms with Gasteiger partial charge in [0.15, 0.2) is 11.7 Å². The number of fused-ring (bicyclic) bond motifs is 1. The minimum absolute atomic E-state index is 0.230. The molecule has 0 atom stereocenters. The summed E-state index contributed by atoms with van der Waals surface area (Å²) in [7, 11) is 0. The molecule has 0 radical (unpaired) electrons. The molecule has 1 saturated carbocycles. The third-order valence-electron chi connectivity index (χ3n) is 6.88. The number of hydrogen-bond donors (Lipinski definition) is 3. The van der Waals surface area contributed by atoms with Crippen LogP contribution in [0.15, 0.2) is 40.9 Å². The molecule has 1 aliphatic carbocycles. The number of aromatic nitrogens is 3. The molecule has 196 valence electrons. The fourth-order valence-corrected chi connectivity index (χ4v) is 5.64. The van der Waals surface area contributed by atoms with E-state index >= 15 is 0 Å². The van der Waals surface area contributed by atoms with E-state index in [2.05, 4.69) is 33.8 Å². The average molecular weight is 522 g/mol. The van der Waals surface area contributed by atoms with Gasteiger partial charge in [0.2, 0.25) is 5.95 Å². The molecule has 0 spiro atoms. The van der Waals surface area contributed by atoms with Gasteiger partial charge in [-0.05, 0) is 62.9 Å². The Hall–Kier alpha value is -3.01. The van der Waals surface area contributed by atoms with Crippen LogP contribution in [-0.4, -0.2) is 37.2 Å². The highest BCUT2D eigenvalue weighted by molar-refractivity contribution is 7.17. The van der Waals surface area contributed by atoms with Crippen LogP contribution in [0.5, 0.6) is 0 Å². The molecule has 1 aliphatic rings. The van der Waals surface area contributed by atoms with Crippen molar-refractivity contribution in [1.82, 2.24) is 19.9 Å². The first kappa shape index (κ1) is 25.6. The van der Waals surface area contributed by atoms with Gasteiger partial charge in [-0.25, -0.2) is 9.97 Å². The summed E-state index contributed by atoms with van der Waals surface area (Å²) in [6, 6.07) is 10.5. The smallest absolute Gasteiger partial charge is 0.268 e. The topological polar surface area (TPSA) is 105 Å². The van der Waals surface area contributed by atoms with Crippen molar-refractivity contribution in [3.05, 3.63) is 52.9 Å². The number of imidazole rings is 1. The lowest BCUT2D eigenvalue weighted by molar-refractivity contribution is 0.0667. The summed E-state index contributed by atoms with van der Waals surface area (Å²) >= 11 is 1.35. The lowest BCUT2D eigenvalue weighted by atomic mass is 9.95. The highest BCUT2D eigenvalue weighted by Gasteiger charge is 2.20. The van der Waals surface area contributed by atoms with E-state index in [0.717, 1.165) is 22.5 Å². The van der Waals surface area contributed by atoms with Gasteiger partial charge in [-0.15, -0.1) is 11.3 Å². The van der Waals surface area contributed by atoms with Crippen LogP contribution in [0.3, 0.4) is 0 Å². The Bertz CT molecular complexity index is 1370. The summed E-state index contributed by atoms with van der Waals surface area (Å²) in [6.45, 7) is 6.70. The molecule has 5 rings (SSSR count). The number of carbonyl (C=O) groups is 1. The van der Waals surface area contributed by atoms with Gasteiger partial charge in [0.25, 0.3) is 5.91 Å². The minimum atomic E-state index is -0.834.